The van der Waals surface area contributed by atoms with Gasteiger partial charge in [0, 0.05) is 23.6 Å². The number of ketones is 1. The first-order valence-corrected chi connectivity index (χ1v) is 10.8. The zero-order valence-electron chi connectivity index (χ0n) is 17.5. The highest BCUT2D eigenvalue weighted by Crippen LogP contribution is 2.39. The summed E-state index contributed by atoms with van der Waals surface area (Å²) in [5, 5.41) is 0. The van der Waals surface area contributed by atoms with Crippen molar-refractivity contribution in [2.45, 2.75) is 57.7 Å². The molecule has 2 saturated heterocycles. The minimum absolute atomic E-state index is 0.0332. The maximum Gasteiger partial charge on any atom is 0.410 e. The van der Waals surface area contributed by atoms with E-state index in [1.165, 1.54) is 0 Å². The predicted molar refractivity (Wildman–Crippen MR) is 118 cm³/mol. The number of piperidine rings is 2. The van der Waals surface area contributed by atoms with E-state index in [4.69, 9.17) is 4.74 Å². The van der Waals surface area contributed by atoms with Gasteiger partial charge in [-0.1, -0.05) is 66.7 Å². The molecular weight excluding hydrogens is 374 g/mol. The van der Waals surface area contributed by atoms with Crippen LogP contribution in [0.1, 0.15) is 60.5 Å². The fourth-order valence-electron chi connectivity index (χ4n) is 4.84. The van der Waals surface area contributed by atoms with Gasteiger partial charge < -0.3 is 9.64 Å². The Bertz CT molecular complexity index is 905. The minimum Gasteiger partial charge on any atom is -0.445 e. The highest BCUT2D eigenvalue weighted by Gasteiger charge is 2.43. The van der Waals surface area contributed by atoms with Gasteiger partial charge in [0.1, 0.15) is 6.61 Å². The average Bonchev–Trinajstić information content (AvgIpc) is 2.77. The summed E-state index contributed by atoms with van der Waals surface area (Å²) in [6.07, 6.45) is 4.18. The van der Waals surface area contributed by atoms with Crippen molar-refractivity contribution < 1.29 is 14.3 Å². The van der Waals surface area contributed by atoms with E-state index in [0.717, 1.165) is 54.4 Å². The van der Waals surface area contributed by atoms with E-state index in [9.17, 15) is 9.59 Å². The molecule has 0 aromatic heterocycles. The first kappa shape index (κ1) is 20.4. The van der Waals surface area contributed by atoms with Gasteiger partial charge in [0.05, 0.1) is 0 Å². The van der Waals surface area contributed by atoms with Gasteiger partial charge in [0.2, 0.25) is 0 Å². The molecule has 4 rings (SSSR count). The molecule has 1 amide bonds. The van der Waals surface area contributed by atoms with Crippen molar-refractivity contribution in [3.63, 3.8) is 0 Å². The number of hydrogen-bond acceptors (Lipinski definition) is 3. The van der Waals surface area contributed by atoms with Crippen LogP contribution in [0.5, 0.6) is 0 Å². The number of carbonyl (C=O) groups excluding carboxylic acids is 2. The molecular formula is C26H29NO3. The van der Waals surface area contributed by atoms with Crippen LogP contribution in [0, 0.1) is 5.92 Å². The summed E-state index contributed by atoms with van der Waals surface area (Å²) in [6.45, 7) is 6.20. The van der Waals surface area contributed by atoms with Crippen molar-refractivity contribution >= 4 is 17.4 Å². The molecule has 2 aliphatic heterocycles. The average molecular weight is 404 g/mol. The summed E-state index contributed by atoms with van der Waals surface area (Å²) in [5.41, 5.74) is 3.78. The van der Waals surface area contributed by atoms with E-state index < -0.39 is 0 Å². The summed E-state index contributed by atoms with van der Waals surface area (Å²) in [4.78, 5) is 27.9. The highest BCUT2D eigenvalue weighted by molar-refractivity contribution is 5.98. The van der Waals surface area contributed by atoms with Crippen LogP contribution in [0.2, 0.25) is 0 Å². The number of carbonyl (C=O) groups is 2. The van der Waals surface area contributed by atoms with Gasteiger partial charge in [-0.25, -0.2) is 4.79 Å². The van der Waals surface area contributed by atoms with Crippen LogP contribution < -0.4 is 0 Å². The Morgan fingerprint density at radius 1 is 0.967 bits per heavy atom. The molecule has 2 aromatic carbocycles. The normalized spacial score (nSPS) is 23.0. The first-order valence-electron chi connectivity index (χ1n) is 10.8. The molecule has 0 saturated carbocycles. The van der Waals surface area contributed by atoms with Crippen LogP contribution in [-0.4, -0.2) is 28.9 Å². The topological polar surface area (TPSA) is 46.6 Å². The molecule has 2 unspecified atom stereocenters. The van der Waals surface area contributed by atoms with Crippen LogP contribution in [0.4, 0.5) is 4.79 Å². The van der Waals surface area contributed by atoms with E-state index in [0.29, 0.717) is 0 Å². The van der Waals surface area contributed by atoms with E-state index in [1.54, 1.807) is 0 Å². The molecule has 156 valence electrons. The van der Waals surface area contributed by atoms with E-state index in [-0.39, 0.29) is 36.5 Å². The number of hydrogen-bond donors (Lipinski definition) is 0. The van der Waals surface area contributed by atoms with Crippen LogP contribution >= 0.6 is 0 Å². The second-order valence-electron chi connectivity index (χ2n) is 8.58. The van der Waals surface area contributed by atoms with Crippen LogP contribution in [0.25, 0.3) is 5.57 Å². The molecule has 0 aliphatic carbocycles. The zero-order chi connectivity index (χ0) is 21.1. The lowest BCUT2D eigenvalue weighted by Crippen LogP contribution is -2.55. The Morgan fingerprint density at radius 3 is 2.17 bits per heavy atom. The van der Waals surface area contributed by atoms with Crippen LogP contribution in [-0.2, 0) is 11.3 Å². The Hall–Kier alpha value is -2.88. The van der Waals surface area contributed by atoms with Crippen LogP contribution in [0.3, 0.4) is 0 Å². The van der Waals surface area contributed by atoms with Gasteiger partial charge in [-0.3, -0.25) is 4.79 Å². The maximum atomic E-state index is 13.1. The second-order valence-corrected chi connectivity index (χ2v) is 8.58. The lowest BCUT2D eigenvalue weighted by Gasteiger charge is -2.47. The van der Waals surface area contributed by atoms with E-state index >= 15 is 0 Å². The van der Waals surface area contributed by atoms with Gasteiger partial charge in [-0.15, -0.1) is 0 Å². The predicted octanol–water partition coefficient (Wildman–Crippen LogP) is 5.87. The quantitative estimate of drug-likeness (QED) is 0.586. The van der Waals surface area contributed by atoms with Crippen molar-refractivity contribution in [1.82, 2.24) is 4.90 Å². The van der Waals surface area contributed by atoms with E-state index in [2.05, 4.69) is 6.58 Å². The third kappa shape index (κ3) is 4.33. The Morgan fingerprint density at radius 2 is 1.57 bits per heavy atom. The Labute approximate surface area is 178 Å². The summed E-state index contributed by atoms with van der Waals surface area (Å²) in [6, 6.07) is 17.7. The first-order chi connectivity index (χ1) is 14.5. The Balaban J connectivity index is 1.42. The van der Waals surface area contributed by atoms with Crippen LogP contribution in [0.15, 0.2) is 61.2 Å². The molecule has 0 radical (unpaired) electrons. The number of benzene rings is 2. The smallest absolute Gasteiger partial charge is 0.410 e. The van der Waals surface area contributed by atoms with Gasteiger partial charge >= 0.3 is 6.09 Å². The molecule has 4 nitrogen and oxygen atoms in total. The lowest BCUT2D eigenvalue weighted by molar-refractivity contribution is 0.00473. The maximum absolute atomic E-state index is 13.1. The van der Waals surface area contributed by atoms with Crippen molar-refractivity contribution in [2.75, 3.05) is 0 Å². The van der Waals surface area contributed by atoms with Gasteiger partial charge in [0.25, 0.3) is 0 Å². The molecule has 2 atom stereocenters. The lowest BCUT2D eigenvalue weighted by atomic mass is 9.76. The van der Waals surface area contributed by atoms with Crippen molar-refractivity contribution in [1.29, 1.82) is 0 Å². The molecule has 2 aliphatic rings. The summed E-state index contributed by atoms with van der Waals surface area (Å²) in [5.74, 6) is 0.159. The summed E-state index contributed by atoms with van der Waals surface area (Å²) < 4.78 is 5.61. The number of rotatable bonds is 5. The standard InChI is InChI=1S/C26H29NO3/c1-18(2)20-11-13-21(14-12-20)25(28)22-15-23-9-6-10-24(16-22)27(23)26(29)30-17-19-7-4-3-5-8-19/h3-5,7-8,11-14,22-24H,1,6,9-10,15-17H2,2H3. The minimum atomic E-state index is -0.245. The number of allylic oxidation sites excluding steroid dienone is 1. The third-order valence-electron chi connectivity index (χ3n) is 6.42. The molecule has 2 heterocycles. The summed E-state index contributed by atoms with van der Waals surface area (Å²) in [7, 11) is 0. The van der Waals surface area contributed by atoms with Crippen molar-refractivity contribution in [3.8, 4) is 0 Å². The van der Waals surface area contributed by atoms with E-state index in [1.807, 2.05) is 66.4 Å². The molecule has 2 fully saturated rings. The summed E-state index contributed by atoms with van der Waals surface area (Å²) >= 11 is 0. The van der Waals surface area contributed by atoms with Crippen molar-refractivity contribution in [3.05, 3.63) is 77.9 Å². The monoisotopic (exact) mass is 403 g/mol. The number of ether oxygens (including phenoxy) is 1. The fourth-order valence-corrected chi connectivity index (χ4v) is 4.84. The van der Waals surface area contributed by atoms with Gasteiger partial charge in [0.15, 0.2) is 5.78 Å². The largest absolute Gasteiger partial charge is 0.445 e. The molecule has 0 spiro atoms. The SMILES string of the molecule is C=C(C)c1ccc(C(=O)C2CC3CCCC(C2)N3C(=O)OCc2ccccc2)cc1. The number of fused-ring (bicyclic) bond motifs is 2. The van der Waals surface area contributed by atoms with Crippen molar-refractivity contribution in [2.24, 2.45) is 5.92 Å². The molecule has 2 aromatic rings. The molecule has 30 heavy (non-hydrogen) atoms. The third-order valence-corrected chi connectivity index (χ3v) is 6.42. The second kappa shape index (κ2) is 8.86. The number of amides is 1. The highest BCUT2D eigenvalue weighted by atomic mass is 16.6. The number of Topliss-reactive ketones (excluding diaryl/α,β-unsaturated/α-hetero) is 1. The zero-order valence-corrected chi connectivity index (χ0v) is 17.5. The molecule has 4 heteroatoms. The number of nitrogens with zero attached hydrogens (tertiary/aromatic N) is 1. The van der Waals surface area contributed by atoms with Gasteiger partial charge in [-0.05, 0) is 50.2 Å². The van der Waals surface area contributed by atoms with Gasteiger partial charge in [-0.2, -0.15) is 0 Å². The Kier molecular flexibility index (Phi) is 6.03. The molecule has 0 N–H and O–H groups in total. The fraction of sp³-hybridized carbons (Fsp3) is 0.385. The molecule has 2 bridgehead atoms.